The largest absolute Gasteiger partial charge is 0.497 e. The summed E-state index contributed by atoms with van der Waals surface area (Å²) < 4.78 is 16.6. The van der Waals surface area contributed by atoms with Crippen LogP contribution in [0.15, 0.2) is 71.1 Å². The molecule has 0 aliphatic rings. The van der Waals surface area contributed by atoms with Gasteiger partial charge in [0.05, 0.1) is 12.7 Å². The molecule has 0 aliphatic carbocycles. The number of hydrogen-bond donors (Lipinski definition) is 1. The standard InChI is InChI=1S/C24H19N3O4/c1-15(30-21-6-4-3-5-17(21)14-25)23(28)26-18-9-12-22-20(13-18)27-24(31-22)16-7-10-19(29-2)11-8-16/h3-13,15H,1-2H3,(H,26,28)/t15-/m0/s1. The van der Waals surface area contributed by atoms with E-state index in [4.69, 9.17) is 19.2 Å². The van der Waals surface area contributed by atoms with Gasteiger partial charge in [0, 0.05) is 11.3 Å². The van der Waals surface area contributed by atoms with Gasteiger partial charge in [0.1, 0.15) is 23.1 Å². The molecule has 1 amide bonds. The van der Waals surface area contributed by atoms with Crippen LogP contribution in [0.3, 0.4) is 0 Å². The Hall–Kier alpha value is -4.31. The summed E-state index contributed by atoms with van der Waals surface area (Å²) in [5, 5.41) is 12.0. The van der Waals surface area contributed by atoms with Gasteiger partial charge in [-0.25, -0.2) is 4.98 Å². The summed E-state index contributed by atoms with van der Waals surface area (Å²) in [4.78, 5) is 17.1. The molecule has 1 aromatic heterocycles. The number of amides is 1. The number of ether oxygens (including phenoxy) is 2. The average molecular weight is 413 g/mol. The van der Waals surface area contributed by atoms with Crippen LogP contribution in [0.2, 0.25) is 0 Å². The van der Waals surface area contributed by atoms with Crippen molar-refractivity contribution in [2.24, 2.45) is 0 Å². The number of benzene rings is 3. The van der Waals surface area contributed by atoms with E-state index in [2.05, 4.69) is 10.3 Å². The van der Waals surface area contributed by atoms with E-state index in [1.807, 2.05) is 30.3 Å². The average Bonchev–Trinajstić information content (AvgIpc) is 3.23. The third-order valence-corrected chi connectivity index (χ3v) is 4.67. The minimum Gasteiger partial charge on any atom is -0.497 e. The molecule has 4 rings (SSSR count). The second-order valence-electron chi connectivity index (χ2n) is 6.79. The number of aromatic nitrogens is 1. The third-order valence-electron chi connectivity index (χ3n) is 4.67. The van der Waals surface area contributed by atoms with Crippen molar-refractivity contribution in [1.29, 1.82) is 5.26 Å². The topological polar surface area (TPSA) is 97.4 Å². The van der Waals surface area contributed by atoms with Crippen LogP contribution in [-0.2, 0) is 4.79 Å². The van der Waals surface area contributed by atoms with Crippen LogP contribution in [-0.4, -0.2) is 24.1 Å². The fourth-order valence-electron chi connectivity index (χ4n) is 3.01. The van der Waals surface area contributed by atoms with Gasteiger partial charge in [0.25, 0.3) is 5.91 Å². The highest BCUT2D eigenvalue weighted by molar-refractivity contribution is 5.95. The molecule has 3 aromatic carbocycles. The lowest BCUT2D eigenvalue weighted by atomic mass is 10.2. The van der Waals surface area contributed by atoms with Gasteiger partial charge in [0.15, 0.2) is 11.7 Å². The van der Waals surface area contributed by atoms with Crippen molar-refractivity contribution in [3.63, 3.8) is 0 Å². The molecule has 4 aromatic rings. The van der Waals surface area contributed by atoms with E-state index in [-0.39, 0.29) is 5.91 Å². The molecule has 0 aliphatic heterocycles. The van der Waals surface area contributed by atoms with Gasteiger partial charge in [-0.2, -0.15) is 5.26 Å². The van der Waals surface area contributed by atoms with Crippen molar-refractivity contribution < 1.29 is 18.7 Å². The lowest BCUT2D eigenvalue weighted by Crippen LogP contribution is -2.30. The molecular formula is C24H19N3O4. The van der Waals surface area contributed by atoms with E-state index in [0.717, 1.165) is 11.3 Å². The van der Waals surface area contributed by atoms with Gasteiger partial charge in [-0.15, -0.1) is 0 Å². The van der Waals surface area contributed by atoms with Crippen molar-refractivity contribution >= 4 is 22.7 Å². The predicted octanol–water partition coefficient (Wildman–Crippen LogP) is 4.78. The van der Waals surface area contributed by atoms with Crippen molar-refractivity contribution in [2.45, 2.75) is 13.0 Å². The van der Waals surface area contributed by atoms with Gasteiger partial charge in [0.2, 0.25) is 5.89 Å². The van der Waals surface area contributed by atoms with Crippen LogP contribution in [0.4, 0.5) is 5.69 Å². The van der Waals surface area contributed by atoms with Crippen LogP contribution in [0, 0.1) is 11.3 Å². The molecule has 0 bridgehead atoms. The zero-order chi connectivity index (χ0) is 21.8. The van der Waals surface area contributed by atoms with E-state index in [9.17, 15) is 4.79 Å². The monoisotopic (exact) mass is 413 g/mol. The number of fused-ring (bicyclic) bond motifs is 1. The fraction of sp³-hybridized carbons (Fsp3) is 0.125. The molecule has 154 valence electrons. The molecule has 0 saturated carbocycles. The maximum Gasteiger partial charge on any atom is 0.265 e. The first-order valence-corrected chi connectivity index (χ1v) is 9.59. The molecular weight excluding hydrogens is 394 g/mol. The van der Waals surface area contributed by atoms with E-state index in [1.165, 1.54) is 0 Å². The number of nitrogens with one attached hydrogen (secondary N) is 1. The first-order chi connectivity index (χ1) is 15.1. The van der Waals surface area contributed by atoms with E-state index in [1.54, 1.807) is 56.5 Å². The van der Waals surface area contributed by atoms with Crippen molar-refractivity contribution in [3.05, 3.63) is 72.3 Å². The molecule has 0 unspecified atom stereocenters. The number of oxazole rings is 1. The highest BCUT2D eigenvalue weighted by Crippen LogP contribution is 2.27. The second kappa shape index (κ2) is 8.59. The maximum absolute atomic E-state index is 12.6. The van der Waals surface area contributed by atoms with Gasteiger partial charge in [-0.1, -0.05) is 12.1 Å². The Bertz CT molecular complexity index is 1270. The first kappa shape index (κ1) is 20.0. The van der Waals surface area contributed by atoms with Gasteiger partial charge < -0.3 is 19.2 Å². The summed E-state index contributed by atoms with van der Waals surface area (Å²) in [7, 11) is 1.61. The SMILES string of the molecule is COc1ccc(-c2nc3cc(NC(=O)[C@H](C)Oc4ccccc4C#N)ccc3o2)cc1. The van der Waals surface area contributed by atoms with Crippen molar-refractivity contribution in [1.82, 2.24) is 4.98 Å². The summed E-state index contributed by atoms with van der Waals surface area (Å²) in [6.07, 6.45) is -0.794. The highest BCUT2D eigenvalue weighted by atomic mass is 16.5. The Morgan fingerprint density at radius 2 is 1.90 bits per heavy atom. The number of para-hydroxylation sites is 1. The zero-order valence-electron chi connectivity index (χ0n) is 17.0. The van der Waals surface area contributed by atoms with E-state index >= 15 is 0 Å². The smallest absolute Gasteiger partial charge is 0.265 e. The molecule has 7 heteroatoms. The van der Waals surface area contributed by atoms with Crippen LogP contribution < -0.4 is 14.8 Å². The summed E-state index contributed by atoms with van der Waals surface area (Å²) in [5.74, 6) is 1.25. The van der Waals surface area contributed by atoms with E-state index in [0.29, 0.717) is 34.0 Å². The van der Waals surface area contributed by atoms with Crippen LogP contribution in [0.5, 0.6) is 11.5 Å². The number of methoxy groups -OCH3 is 1. The molecule has 1 atom stereocenters. The summed E-state index contributed by atoms with van der Waals surface area (Å²) in [6.45, 7) is 1.62. The molecule has 7 nitrogen and oxygen atoms in total. The lowest BCUT2D eigenvalue weighted by Gasteiger charge is -2.15. The number of carbonyl (C=O) groups excluding carboxylic acids is 1. The molecule has 0 radical (unpaired) electrons. The third kappa shape index (κ3) is 4.33. The van der Waals surface area contributed by atoms with Gasteiger partial charge in [-0.3, -0.25) is 4.79 Å². The van der Waals surface area contributed by atoms with Gasteiger partial charge >= 0.3 is 0 Å². The van der Waals surface area contributed by atoms with Gasteiger partial charge in [-0.05, 0) is 61.5 Å². The van der Waals surface area contributed by atoms with Crippen LogP contribution in [0.1, 0.15) is 12.5 Å². The van der Waals surface area contributed by atoms with E-state index < -0.39 is 6.10 Å². The minimum atomic E-state index is -0.794. The molecule has 1 N–H and O–H groups in total. The Morgan fingerprint density at radius 3 is 2.65 bits per heavy atom. The number of rotatable bonds is 6. The lowest BCUT2D eigenvalue weighted by molar-refractivity contribution is -0.122. The molecule has 0 saturated heterocycles. The highest BCUT2D eigenvalue weighted by Gasteiger charge is 2.17. The number of anilines is 1. The Balaban J connectivity index is 1.49. The van der Waals surface area contributed by atoms with Crippen LogP contribution in [0.25, 0.3) is 22.6 Å². The first-order valence-electron chi connectivity index (χ1n) is 9.59. The quantitative estimate of drug-likeness (QED) is 0.488. The van der Waals surface area contributed by atoms with Crippen LogP contribution >= 0.6 is 0 Å². The summed E-state index contributed by atoms with van der Waals surface area (Å²) >= 11 is 0. The number of nitriles is 1. The maximum atomic E-state index is 12.6. The number of nitrogens with zero attached hydrogens (tertiary/aromatic N) is 2. The van der Waals surface area contributed by atoms with Crippen molar-refractivity contribution in [3.8, 4) is 29.0 Å². The number of carbonyl (C=O) groups is 1. The molecule has 0 fully saturated rings. The second-order valence-corrected chi connectivity index (χ2v) is 6.79. The molecule has 1 heterocycles. The van der Waals surface area contributed by atoms with Crippen molar-refractivity contribution in [2.75, 3.05) is 12.4 Å². The summed E-state index contributed by atoms with van der Waals surface area (Å²) in [6, 6.07) is 21.5. The Morgan fingerprint density at radius 1 is 1.13 bits per heavy atom. The number of hydrogen-bond acceptors (Lipinski definition) is 6. The summed E-state index contributed by atoms with van der Waals surface area (Å²) in [5.41, 5.74) is 2.98. The minimum absolute atomic E-state index is 0.342. The molecule has 31 heavy (non-hydrogen) atoms. The fourth-order valence-corrected chi connectivity index (χ4v) is 3.01. The normalized spacial score (nSPS) is 11.5. The Kier molecular flexibility index (Phi) is 5.54. The predicted molar refractivity (Wildman–Crippen MR) is 116 cm³/mol. The Labute approximate surface area is 178 Å². The molecule has 0 spiro atoms. The zero-order valence-corrected chi connectivity index (χ0v) is 17.0.